The van der Waals surface area contributed by atoms with Crippen LogP contribution in [0.15, 0.2) is 12.1 Å². The van der Waals surface area contributed by atoms with Crippen LogP contribution < -0.4 is 5.73 Å². The zero-order valence-corrected chi connectivity index (χ0v) is 11.7. The smallest absolute Gasteiger partial charge is 0.325 e. The molecule has 0 saturated heterocycles. The van der Waals surface area contributed by atoms with E-state index in [4.69, 9.17) is 33.7 Å². The number of pyridine rings is 1. The molecule has 1 rings (SSSR count). The minimum Gasteiger partial charge on any atom is -0.460 e. The van der Waals surface area contributed by atoms with Gasteiger partial charge in [-0.3, -0.25) is 4.79 Å². The van der Waals surface area contributed by atoms with E-state index in [0.717, 1.165) is 0 Å². The van der Waals surface area contributed by atoms with Crippen molar-refractivity contribution in [3.05, 3.63) is 28.0 Å². The fraction of sp³-hybridized carbons (Fsp3) is 0.455. The van der Waals surface area contributed by atoms with Gasteiger partial charge in [-0.2, -0.15) is 0 Å². The van der Waals surface area contributed by atoms with Gasteiger partial charge in [-0.25, -0.2) is 13.8 Å². The lowest BCUT2D eigenvalue weighted by Crippen LogP contribution is -2.37. The van der Waals surface area contributed by atoms with Gasteiger partial charge >= 0.3 is 5.97 Å². The van der Waals surface area contributed by atoms with Gasteiger partial charge in [0.15, 0.2) is 0 Å². The zero-order valence-electron chi connectivity index (χ0n) is 10.2. The van der Waals surface area contributed by atoms with E-state index in [1.54, 1.807) is 0 Å². The molecule has 1 aromatic rings. The summed E-state index contributed by atoms with van der Waals surface area (Å²) in [5, 5.41) is 0.321. The molecular formula is C11H12Cl2F2N2O3. The molecule has 0 fully saturated rings. The molecule has 1 heterocycles. The molecule has 1 aromatic heterocycles. The first kappa shape index (κ1) is 17.0. The van der Waals surface area contributed by atoms with Crippen LogP contribution in [-0.4, -0.2) is 36.6 Å². The number of aromatic nitrogens is 1. The molecule has 2 N–H and O–H groups in total. The van der Waals surface area contributed by atoms with Crippen LogP contribution >= 0.6 is 23.2 Å². The minimum absolute atomic E-state index is 0.108. The highest BCUT2D eigenvalue weighted by atomic mass is 35.5. The number of alkyl halides is 2. The third-order valence-corrected chi connectivity index (χ3v) is 2.43. The van der Waals surface area contributed by atoms with Crippen molar-refractivity contribution in [2.24, 2.45) is 5.73 Å². The van der Waals surface area contributed by atoms with Crippen molar-refractivity contribution in [3.8, 4) is 0 Å². The van der Waals surface area contributed by atoms with Gasteiger partial charge in [0.25, 0.3) is 6.43 Å². The van der Waals surface area contributed by atoms with Gasteiger partial charge in [0.2, 0.25) is 0 Å². The van der Waals surface area contributed by atoms with Gasteiger partial charge < -0.3 is 15.2 Å². The minimum atomic E-state index is -2.61. The second kappa shape index (κ2) is 8.31. The van der Waals surface area contributed by atoms with Gasteiger partial charge in [0.1, 0.15) is 29.6 Å². The average Bonchev–Trinajstić information content (AvgIpc) is 2.34. The predicted molar refractivity (Wildman–Crippen MR) is 68.9 cm³/mol. The van der Waals surface area contributed by atoms with Crippen LogP contribution in [-0.2, 0) is 20.9 Å². The Kier molecular flexibility index (Phi) is 7.08. The zero-order chi connectivity index (χ0) is 15.1. The first-order valence-electron chi connectivity index (χ1n) is 5.48. The van der Waals surface area contributed by atoms with E-state index < -0.39 is 25.0 Å². The van der Waals surface area contributed by atoms with Crippen LogP contribution in [0.1, 0.15) is 5.56 Å². The molecule has 0 saturated carbocycles. The van der Waals surface area contributed by atoms with E-state index in [-0.39, 0.29) is 23.5 Å². The molecule has 0 aromatic carbocycles. The van der Waals surface area contributed by atoms with Crippen molar-refractivity contribution in [1.29, 1.82) is 0 Å². The molecule has 0 bridgehead atoms. The number of carbonyl (C=O) groups is 1. The molecule has 0 aliphatic rings. The molecule has 1 atom stereocenters. The number of hydrogen-bond acceptors (Lipinski definition) is 5. The lowest BCUT2D eigenvalue weighted by Gasteiger charge is -2.12. The molecule has 0 unspecified atom stereocenters. The van der Waals surface area contributed by atoms with Crippen LogP contribution in [0.2, 0.25) is 10.3 Å². The quantitative estimate of drug-likeness (QED) is 0.612. The van der Waals surface area contributed by atoms with E-state index in [1.165, 1.54) is 12.1 Å². The summed E-state index contributed by atoms with van der Waals surface area (Å²) in [6, 6.07) is 1.81. The molecule has 112 valence electrons. The van der Waals surface area contributed by atoms with E-state index >= 15 is 0 Å². The summed E-state index contributed by atoms with van der Waals surface area (Å²) in [7, 11) is 0. The number of nitrogens with zero attached hydrogens (tertiary/aromatic N) is 1. The number of nitrogens with two attached hydrogens (primary N) is 1. The molecule has 0 amide bonds. The maximum atomic E-state index is 11.8. The second-order valence-electron chi connectivity index (χ2n) is 3.76. The van der Waals surface area contributed by atoms with E-state index in [2.05, 4.69) is 9.72 Å². The summed E-state index contributed by atoms with van der Waals surface area (Å²) in [5.41, 5.74) is 5.95. The summed E-state index contributed by atoms with van der Waals surface area (Å²) in [5.74, 6) is -0.775. The largest absolute Gasteiger partial charge is 0.460 e. The first-order chi connectivity index (χ1) is 9.38. The van der Waals surface area contributed by atoms with Crippen LogP contribution in [0.3, 0.4) is 0 Å². The van der Waals surface area contributed by atoms with Crippen molar-refractivity contribution in [2.75, 3.05) is 13.2 Å². The van der Waals surface area contributed by atoms with E-state index in [9.17, 15) is 13.6 Å². The molecule has 0 aliphatic carbocycles. The Hall–Kier alpha value is -1.02. The summed E-state index contributed by atoms with van der Waals surface area (Å²) in [4.78, 5) is 15.2. The van der Waals surface area contributed by atoms with Crippen LogP contribution in [0.5, 0.6) is 0 Å². The molecule has 0 aliphatic heterocycles. The van der Waals surface area contributed by atoms with Crippen LogP contribution in [0.25, 0.3) is 0 Å². The normalized spacial score (nSPS) is 12.5. The summed E-state index contributed by atoms with van der Waals surface area (Å²) in [6.07, 6.45) is -2.61. The van der Waals surface area contributed by atoms with Crippen LogP contribution in [0.4, 0.5) is 8.78 Å². The van der Waals surface area contributed by atoms with Crippen molar-refractivity contribution in [3.63, 3.8) is 0 Å². The lowest BCUT2D eigenvalue weighted by molar-refractivity contribution is -0.148. The Morgan fingerprint density at radius 1 is 1.30 bits per heavy atom. The maximum Gasteiger partial charge on any atom is 0.325 e. The second-order valence-corrected chi connectivity index (χ2v) is 4.54. The summed E-state index contributed by atoms with van der Waals surface area (Å²) >= 11 is 11.3. The number of hydrogen-bond donors (Lipinski definition) is 1. The fourth-order valence-electron chi connectivity index (χ4n) is 1.21. The Bertz CT molecular complexity index is 443. The average molecular weight is 329 g/mol. The Balaban J connectivity index is 2.38. The molecule has 5 nitrogen and oxygen atoms in total. The molecule has 0 spiro atoms. The van der Waals surface area contributed by atoms with Crippen molar-refractivity contribution in [1.82, 2.24) is 4.98 Å². The fourth-order valence-corrected chi connectivity index (χ4v) is 1.72. The number of esters is 1. The number of halogens is 4. The van der Waals surface area contributed by atoms with Gasteiger partial charge in [-0.1, -0.05) is 23.2 Å². The highest BCUT2D eigenvalue weighted by Gasteiger charge is 2.16. The SMILES string of the molecule is N[C@@H](COCC(F)F)C(=O)OCc1cc(Cl)nc(Cl)c1. The Labute approximate surface area is 124 Å². The molecule has 9 heteroatoms. The van der Waals surface area contributed by atoms with Crippen molar-refractivity contribution in [2.45, 2.75) is 19.1 Å². The van der Waals surface area contributed by atoms with Gasteiger partial charge in [0, 0.05) is 0 Å². The summed E-state index contributed by atoms with van der Waals surface area (Å²) < 4.78 is 33.1. The molecular weight excluding hydrogens is 317 g/mol. The standard InChI is InChI=1S/C11H12Cl2F2N2O3/c12-8-1-6(2-9(13)17-8)3-20-11(18)7(16)4-19-5-10(14)15/h1-2,7,10H,3-5,16H2/t7-/m0/s1. The lowest BCUT2D eigenvalue weighted by atomic mass is 10.3. The summed E-state index contributed by atoms with van der Waals surface area (Å²) in [6.45, 7) is -1.24. The number of rotatable bonds is 7. The molecule has 20 heavy (non-hydrogen) atoms. The monoisotopic (exact) mass is 328 g/mol. The topological polar surface area (TPSA) is 74.4 Å². The van der Waals surface area contributed by atoms with Gasteiger partial charge in [-0.15, -0.1) is 0 Å². The Morgan fingerprint density at radius 3 is 2.45 bits per heavy atom. The molecule has 0 radical (unpaired) electrons. The predicted octanol–water partition coefficient (Wildman–Crippen LogP) is 2.04. The van der Waals surface area contributed by atoms with Gasteiger partial charge in [-0.05, 0) is 17.7 Å². The number of carbonyl (C=O) groups excluding carboxylic acids is 1. The van der Waals surface area contributed by atoms with Crippen molar-refractivity contribution >= 4 is 29.2 Å². The van der Waals surface area contributed by atoms with Crippen molar-refractivity contribution < 1.29 is 23.0 Å². The Morgan fingerprint density at radius 2 is 1.90 bits per heavy atom. The number of ether oxygens (including phenoxy) is 2. The maximum absolute atomic E-state index is 11.8. The first-order valence-corrected chi connectivity index (χ1v) is 6.24. The third-order valence-electron chi connectivity index (χ3n) is 2.05. The third kappa shape index (κ3) is 6.42. The van der Waals surface area contributed by atoms with Gasteiger partial charge in [0.05, 0.1) is 6.61 Å². The van der Waals surface area contributed by atoms with E-state index in [1.807, 2.05) is 0 Å². The highest BCUT2D eigenvalue weighted by Crippen LogP contribution is 2.15. The van der Waals surface area contributed by atoms with E-state index in [0.29, 0.717) is 5.56 Å². The van der Waals surface area contributed by atoms with Crippen LogP contribution in [0, 0.1) is 0 Å². The highest BCUT2D eigenvalue weighted by molar-refractivity contribution is 6.32.